The number of aryl methyl sites for hydroxylation is 1. The molecule has 1 aromatic carbocycles. The molecule has 2 aliphatic rings. The molecule has 36 heavy (non-hydrogen) atoms. The van der Waals surface area contributed by atoms with E-state index in [0.29, 0.717) is 5.82 Å². The molecule has 0 unspecified atom stereocenters. The zero-order valence-corrected chi connectivity index (χ0v) is 20.8. The number of morpholine rings is 1. The van der Waals surface area contributed by atoms with Gasteiger partial charge >= 0.3 is 0 Å². The molecule has 2 aliphatic heterocycles. The molecule has 0 saturated carbocycles. The molecule has 9 heteroatoms. The topological polar surface area (TPSA) is 86.0 Å². The van der Waals surface area contributed by atoms with Crippen molar-refractivity contribution in [1.82, 2.24) is 19.4 Å². The zero-order chi connectivity index (χ0) is 24.6. The van der Waals surface area contributed by atoms with E-state index in [1.54, 1.807) is 13.3 Å². The fraction of sp³-hybridized carbons (Fsp3) is 0.370. The quantitative estimate of drug-likeness (QED) is 0.442. The third kappa shape index (κ3) is 4.30. The van der Waals surface area contributed by atoms with E-state index in [1.807, 2.05) is 35.1 Å². The number of imidazole rings is 1. The van der Waals surface area contributed by atoms with Crippen molar-refractivity contribution in [2.45, 2.75) is 38.9 Å². The van der Waals surface area contributed by atoms with E-state index in [0.717, 1.165) is 78.0 Å². The van der Waals surface area contributed by atoms with Gasteiger partial charge in [-0.15, -0.1) is 0 Å². The summed E-state index contributed by atoms with van der Waals surface area (Å²) in [5.41, 5.74) is 5.54. The second-order valence-corrected chi connectivity index (χ2v) is 9.45. The summed E-state index contributed by atoms with van der Waals surface area (Å²) in [6.45, 7) is 6.57. The summed E-state index contributed by atoms with van der Waals surface area (Å²) in [6, 6.07) is 8.27. The highest BCUT2D eigenvalue weighted by atomic mass is 16.5. The van der Waals surface area contributed by atoms with Gasteiger partial charge in [0.25, 0.3) is 0 Å². The SMILES string of the molecule is COc1cc(Nc2nc(-c3cnc4c(c3)CCCO4)cn3ccnc23)ccc1N1C[C@@H](C)O[C@@H](C)C1. The van der Waals surface area contributed by atoms with Gasteiger partial charge in [-0.05, 0) is 44.9 Å². The molecule has 0 amide bonds. The Labute approximate surface area is 210 Å². The van der Waals surface area contributed by atoms with Gasteiger partial charge in [0.2, 0.25) is 5.88 Å². The van der Waals surface area contributed by atoms with E-state index in [9.17, 15) is 0 Å². The Hall–Kier alpha value is -3.85. The van der Waals surface area contributed by atoms with Crippen LogP contribution in [0, 0.1) is 0 Å². The number of methoxy groups -OCH3 is 1. The molecule has 1 saturated heterocycles. The molecule has 6 rings (SSSR count). The van der Waals surface area contributed by atoms with Crippen LogP contribution in [0.1, 0.15) is 25.8 Å². The Balaban J connectivity index is 1.33. The number of anilines is 3. The Bertz CT molecular complexity index is 1390. The monoisotopic (exact) mass is 486 g/mol. The summed E-state index contributed by atoms with van der Waals surface area (Å²) >= 11 is 0. The maximum atomic E-state index is 5.90. The van der Waals surface area contributed by atoms with Crippen LogP contribution < -0.4 is 19.7 Å². The van der Waals surface area contributed by atoms with E-state index in [2.05, 4.69) is 46.2 Å². The highest BCUT2D eigenvalue weighted by molar-refractivity contribution is 5.76. The Morgan fingerprint density at radius 1 is 1.11 bits per heavy atom. The largest absolute Gasteiger partial charge is 0.495 e. The van der Waals surface area contributed by atoms with Crippen LogP contribution in [-0.4, -0.2) is 58.4 Å². The molecular formula is C27H30N6O3. The summed E-state index contributed by atoms with van der Waals surface area (Å²) < 4.78 is 19.3. The van der Waals surface area contributed by atoms with Crippen molar-refractivity contribution < 1.29 is 14.2 Å². The number of rotatable bonds is 5. The van der Waals surface area contributed by atoms with Crippen molar-refractivity contribution in [1.29, 1.82) is 0 Å². The second-order valence-electron chi connectivity index (χ2n) is 9.45. The average molecular weight is 487 g/mol. The Morgan fingerprint density at radius 3 is 2.81 bits per heavy atom. The van der Waals surface area contributed by atoms with Gasteiger partial charge in [-0.2, -0.15) is 0 Å². The number of benzene rings is 1. The van der Waals surface area contributed by atoms with Crippen molar-refractivity contribution in [2.75, 3.05) is 37.0 Å². The predicted octanol–water partition coefficient (Wildman–Crippen LogP) is 4.48. The Morgan fingerprint density at radius 2 is 1.97 bits per heavy atom. The second kappa shape index (κ2) is 9.31. The van der Waals surface area contributed by atoms with Gasteiger partial charge in [-0.1, -0.05) is 0 Å². The molecule has 5 heterocycles. The first-order chi connectivity index (χ1) is 17.6. The van der Waals surface area contributed by atoms with Crippen LogP contribution in [0.15, 0.2) is 49.1 Å². The summed E-state index contributed by atoms with van der Waals surface area (Å²) in [5, 5.41) is 3.47. The van der Waals surface area contributed by atoms with Gasteiger partial charge in [-0.3, -0.25) is 0 Å². The lowest BCUT2D eigenvalue weighted by Gasteiger charge is -2.37. The van der Waals surface area contributed by atoms with E-state index in [4.69, 9.17) is 19.2 Å². The molecule has 186 valence electrons. The highest BCUT2D eigenvalue weighted by Gasteiger charge is 2.24. The minimum atomic E-state index is 0.168. The fourth-order valence-electron chi connectivity index (χ4n) is 5.06. The first-order valence-electron chi connectivity index (χ1n) is 12.4. The number of nitrogens with one attached hydrogen (secondary N) is 1. The molecule has 0 radical (unpaired) electrons. The third-order valence-corrected chi connectivity index (χ3v) is 6.63. The van der Waals surface area contributed by atoms with E-state index >= 15 is 0 Å². The molecule has 9 nitrogen and oxygen atoms in total. The maximum Gasteiger partial charge on any atom is 0.216 e. The van der Waals surface area contributed by atoms with Crippen LogP contribution in [0.3, 0.4) is 0 Å². The minimum absolute atomic E-state index is 0.168. The number of hydrogen-bond donors (Lipinski definition) is 1. The molecule has 3 aromatic heterocycles. The van der Waals surface area contributed by atoms with Crippen LogP contribution in [0.25, 0.3) is 16.9 Å². The number of nitrogens with zero attached hydrogens (tertiary/aromatic N) is 5. The molecule has 1 N–H and O–H groups in total. The smallest absolute Gasteiger partial charge is 0.216 e. The van der Waals surface area contributed by atoms with E-state index < -0.39 is 0 Å². The molecule has 0 aliphatic carbocycles. The highest BCUT2D eigenvalue weighted by Crippen LogP contribution is 2.35. The van der Waals surface area contributed by atoms with Crippen LogP contribution >= 0.6 is 0 Å². The standard InChI is InChI=1S/C27H30N6O3/c1-17-14-33(15-18(2)36-17)23-7-6-21(12-24(23)34-3)30-25-26-28-8-9-32(26)16-22(31-25)20-11-19-5-4-10-35-27(19)29-13-20/h6-9,11-13,16-18H,4-5,10,14-15H2,1-3H3,(H,30,31)/t17-,18+. The number of pyridine rings is 1. The Kier molecular flexibility index (Phi) is 5.85. The van der Waals surface area contributed by atoms with Crippen LogP contribution in [0.2, 0.25) is 0 Å². The zero-order valence-electron chi connectivity index (χ0n) is 20.8. The van der Waals surface area contributed by atoms with Crippen molar-refractivity contribution in [3.8, 4) is 22.9 Å². The van der Waals surface area contributed by atoms with E-state index in [1.165, 1.54) is 0 Å². The first-order valence-corrected chi connectivity index (χ1v) is 12.4. The summed E-state index contributed by atoms with van der Waals surface area (Å²) in [5.74, 6) is 2.19. The fourth-order valence-corrected chi connectivity index (χ4v) is 5.06. The minimum Gasteiger partial charge on any atom is -0.495 e. The number of ether oxygens (including phenoxy) is 3. The lowest BCUT2D eigenvalue weighted by atomic mass is 10.1. The summed E-state index contributed by atoms with van der Waals surface area (Å²) in [7, 11) is 1.70. The third-order valence-electron chi connectivity index (χ3n) is 6.63. The maximum absolute atomic E-state index is 5.90. The molecular weight excluding hydrogens is 456 g/mol. The lowest BCUT2D eigenvalue weighted by molar-refractivity contribution is -0.00532. The number of fused-ring (bicyclic) bond motifs is 2. The van der Waals surface area contributed by atoms with E-state index in [-0.39, 0.29) is 12.2 Å². The predicted molar refractivity (Wildman–Crippen MR) is 139 cm³/mol. The van der Waals surface area contributed by atoms with Crippen molar-refractivity contribution in [3.63, 3.8) is 0 Å². The van der Waals surface area contributed by atoms with Crippen LogP contribution in [-0.2, 0) is 11.2 Å². The van der Waals surface area contributed by atoms with Gasteiger partial charge in [0.05, 0.1) is 37.3 Å². The van der Waals surface area contributed by atoms with Gasteiger partial charge in [0.1, 0.15) is 5.75 Å². The lowest BCUT2D eigenvalue weighted by Crippen LogP contribution is -2.45. The van der Waals surface area contributed by atoms with Gasteiger partial charge in [-0.25, -0.2) is 15.0 Å². The first kappa shape index (κ1) is 22.6. The molecule has 2 atom stereocenters. The molecule has 1 fully saturated rings. The normalized spacial score (nSPS) is 19.6. The summed E-state index contributed by atoms with van der Waals surface area (Å²) in [4.78, 5) is 16.3. The summed E-state index contributed by atoms with van der Waals surface area (Å²) in [6.07, 6.45) is 9.79. The van der Waals surface area contributed by atoms with Gasteiger partial charge < -0.3 is 28.8 Å². The molecule has 4 aromatic rings. The van der Waals surface area contributed by atoms with Gasteiger partial charge in [0, 0.05) is 60.8 Å². The van der Waals surface area contributed by atoms with Crippen molar-refractivity contribution in [2.24, 2.45) is 0 Å². The van der Waals surface area contributed by atoms with Crippen molar-refractivity contribution >= 4 is 22.8 Å². The molecule has 0 spiro atoms. The van der Waals surface area contributed by atoms with Gasteiger partial charge in [0.15, 0.2) is 11.5 Å². The average Bonchev–Trinajstić information content (AvgIpc) is 3.37. The van der Waals surface area contributed by atoms with Crippen LogP contribution in [0.4, 0.5) is 17.2 Å². The van der Waals surface area contributed by atoms with Crippen molar-refractivity contribution in [3.05, 3.63) is 54.6 Å². The number of hydrogen-bond acceptors (Lipinski definition) is 8. The van der Waals surface area contributed by atoms with Crippen LogP contribution in [0.5, 0.6) is 11.6 Å². The molecule has 0 bridgehead atoms. The number of aromatic nitrogens is 4.